The van der Waals surface area contributed by atoms with Crippen molar-refractivity contribution in [3.8, 4) is 0 Å². The quantitative estimate of drug-likeness (QED) is 0.803. The number of pyridine rings is 1. The lowest BCUT2D eigenvalue weighted by atomic mass is 9.92. The summed E-state index contributed by atoms with van der Waals surface area (Å²) in [5.74, 6) is 2.08. The highest BCUT2D eigenvalue weighted by Crippen LogP contribution is 2.30. The zero-order chi connectivity index (χ0) is 13.6. The van der Waals surface area contributed by atoms with Gasteiger partial charge in [0.15, 0.2) is 0 Å². The van der Waals surface area contributed by atoms with Crippen LogP contribution in [0, 0.1) is 11.8 Å². The van der Waals surface area contributed by atoms with Crippen molar-refractivity contribution in [1.82, 2.24) is 10.3 Å². The van der Waals surface area contributed by atoms with Gasteiger partial charge >= 0.3 is 0 Å². The summed E-state index contributed by atoms with van der Waals surface area (Å²) in [7, 11) is 0. The number of nitrogens with zero attached hydrogens (tertiary/aromatic N) is 2. The predicted molar refractivity (Wildman–Crippen MR) is 75.6 cm³/mol. The lowest BCUT2D eigenvalue weighted by molar-refractivity contribution is 0.0965. The Morgan fingerprint density at radius 1 is 1.37 bits per heavy atom. The Kier molecular flexibility index (Phi) is 3.13. The molecule has 1 aromatic rings. The highest BCUT2D eigenvalue weighted by atomic mass is 35.5. The second-order valence-corrected chi connectivity index (χ2v) is 6.19. The van der Waals surface area contributed by atoms with Gasteiger partial charge in [-0.1, -0.05) is 25.4 Å². The van der Waals surface area contributed by atoms with Crippen molar-refractivity contribution < 1.29 is 4.79 Å². The summed E-state index contributed by atoms with van der Waals surface area (Å²) >= 11 is 6.20. The van der Waals surface area contributed by atoms with Crippen molar-refractivity contribution in [3.05, 3.63) is 22.3 Å². The van der Waals surface area contributed by atoms with E-state index in [2.05, 4.69) is 29.0 Å². The van der Waals surface area contributed by atoms with E-state index in [1.165, 1.54) is 6.42 Å². The summed E-state index contributed by atoms with van der Waals surface area (Å²) in [6, 6.07) is 1.88. The molecule has 0 radical (unpaired) electrons. The summed E-state index contributed by atoms with van der Waals surface area (Å²) in [6.45, 7) is 6.96. The molecule has 0 aromatic carbocycles. The molecular formula is C14H18ClN3O. The molecule has 3 rings (SSSR count). The number of halogens is 1. The van der Waals surface area contributed by atoms with Crippen LogP contribution in [-0.4, -0.2) is 24.0 Å². The number of carbonyl (C=O) groups is 1. The Bertz CT molecular complexity index is 522. The van der Waals surface area contributed by atoms with E-state index in [9.17, 15) is 4.79 Å². The summed E-state index contributed by atoms with van der Waals surface area (Å²) in [4.78, 5) is 18.5. The van der Waals surface area contributed by atoms with Gasteiger partial charge in [-0.05, 0) is 24.3 Å². The Labute approximate surface area is 118 Å². The van der Waals surface area contributed by atoms with E-state index < -0.39 is 0 Å². The number of carbonyl (C=O) groups excluding carboxylic acids is 1. The van der Waals surface area contributed by atoms with Crippen molar-refractivity contribution in [2.75, 3.05) is 18.0 Å². The van der Waals surface area contributed by atoms with Gasteiger partial charge in [-0.25, -0.2) is 4.98 Å². The average Bonchev–Trinajstić information content (AvgIpc) is 2.70. The number of amides is 1. The van der Waals surface area contributed by atoms with Gasteiger partial charge in [-0.15, -0.1) is 0 Å². The largest absolute Gasteiger partial charge is 0.356 e. The van der Waals surface area contributed by atoms with Gasteiger partial charge in [0.1, 0.15) is 11.0 Å². The summed E-state index contributed by atoms with van der Waals surface area (Å²) < 4.78 is 0. The number of aromatic nitrogens is 1. The number of hydrogen-bond acceptors (Lipinski definition) is 3. The van der Waals surface area contributed by atoms with Crippen LogP contribution in [0.3, 0.4) is 0 Å². The molecule has 1 fully saturated rings. The van der Waals surface area contributed by atoms with Gasteiger partial charge in [0.2, 0.25) is 0 Å². The molecule has 2 aliphatic rings. The molecule has 1 saturated heterocycles. The van der Waals surface area contributed by atoms with Gasteiger partial charge in [0, 0.05) is 25.2 Å². The number of fused-ring (bicyclic) bond motifs is 1. The molecule has 4 nitrogen and oxygen atoms in total. The molecule has 2 unspecified atom stereocenters. The number of nitrogens with one attached hydrogen (secondary N) is 1. The van der Waals surface area contributed by atoms with E-state index in [1.54, 1.807) is 0 Å². The van der Waals surface area contributed by atoms with Crippen LogP contribution in [0.2, 0.25) is 5.15 Å². The van der Waals surface area contributed by atoms with Crippen molar-refractivity contribution >= 4 is 23.3 Å². The molecule has 1 aromatic heterocycles. The molecule has 1 N–H and O–H groups in total. The minimum Gasteiger partial charge on any atom is -0.356 e. The van der Waals surface area contributed by atoms with Crippen LogP contribution in [-0.2, 0) is 6.54 Å². The lowest BCUT2D eigenvalue weighted by Crippen LogP contribution is -2.39. The van der Waals surface area contributed by atoms with E-state index in [-0.39, 0.29) is 5.91 Å². The van der Waals surface area contributed by atoms with Gasteiger partial charge in [-0.2, -0.15) is 0 Å². The molecule has 2 aliphatic heterocycles. The molecule has 2 atom stereocenters. The fourth-order valence-corrected chi connectivity index (χ4v) is 3.43. The first-order chi connectivity index (χ1) is 9.04. The van der Waals surface area contributed by atoms with Crippen molar-refractivity contribution in [3.63, 3.8) is 0 Å². The molecule has 1 amide bonds. The lowest BCUT2D eigenvalue weighted by Gasteiger charge is -2.36. The molecule has 19 heavy (non-hydrogen) atoms. The maximum Gasteiger partial charge on any atom is 0.252 e. The molecule has 3 heterocycles. The minimum atomic E-state index is -0.0429. The van der Waals surface area contributed by atoms with E-state index in [0.717, 1.165) is 24.5 Å². The third kappa shape index (κ3) is 2.29. The highest BCUT2D eigenvalue weighted by Gasteiger charge is 2.27. The van der Waals surface area contributed by atoms with Crippen LogP contribution >= 0.6 is 11.6 Å². The molecule has 0 spiro atoms. The first kappa shape index (κ1) is 12.7. The monoisotopic (exact) mass is 279 g/mol. The SMILES string of the molecule is CC1CC(C)CN(c2cc3c(c(Cl)n2)CNC3=O)C1. The number of anilines is 1. The molecular weight excluding hydrogens is 262 g/mol. The van der Waals surface area contributed by atoms with Crippen LogP contribution in [0.4, 0.5) is 5.82 Å². The van der Waals surface area contributed by atoms with E-state index in [0.29, 0.717) is 29.1 Å². The first-order valence-electron chi connectivity index (χ1n) is 6.77. The summed E-state index contributed by atoms with van der Waals surface area (Å²) in [6.07, 6.45) is 1.25. The Balaban J connectivity index is 1.95. The predicted octanol–water partition coefficient (Wildman–Crippen LogP) is 2.46. The third-order valence-electron chi connectivity index (χ3n) is 3.92. The van der Waals surface area contributed by atoms with Crippen LogP contribution in [0.5, 0.6) is 0 Å². The van der Waals surface area contributed by atoms with Gasteiger partial charge in [0.05, 0.1) is 5.56 Å². The second-order valence-electron chi connectivity index (χ2n) is 5.83. The van der Waals surface area contributed by atoms with Crippen LogP contribution < -0.4 is 10.2 Å². The molecule has 0 saturated carbocycles. The number of hydrogen-bond donors (Lipinski definition) is 1. The number of piperidine rings is 1. The first-order valence-corrected chi connectivity index (χ1v) is 7.15. The summed E-state index contributed by atoms with van der Waals surface area (Å²) in [5, 5.41) is 3.25. The van der Waals surface area contributed by atoms with Gasteiger partial charge in [-0.3, -0.25) is 4.79 Å². The fourth-order valence-electron chi connectivity index (χ4n) is 3.17. The zero-order valence-electron chi connectivity index (χ0n) is 11.2. The normalized spacial score (nSPS) is 26.3. The Hall–Kier alpha value is -1.29. The van der Waals surface area contributed by atoms with Gasteiger partial charge < -0.3 is 10.2 Å². The fraction of sp³-hybridized carbons (Fsp3) is 0.571. The van der Waals surface area contributed by atoms with E-state index in [1.807, 2.05) is 6.07 Å². The van der Waals surface area contributed by atoms with Crippen molar-refractivity contribution in [1.29, 1.82) is 0 Å². The highest BCUT2D eigenvalue weighted by molar-refractivity contribution is 6.31. The smallest absolute Gasteiger partial charge is 0.252 e. The Morgan fingerprint density at radius 2 is 2.05 bits per heavy atom. The van der Waals surface area contributed by atoms with Crippen molar-refractivity contribution in [2.24, 2.45) is 11.8 Å². The molecule has 102 valence electrons. The zero-order valence-corrected chi connectivity index (χ0v) is 12.0. The van der Waals surface area contributed by atoms with E-state index in [4.69, 9.17) is 11.6 Å². The van der Waals surface area contributed by atoms with E-state index >= 15 is 0 Å². The topological polar surface area (TPSA) is 45.2 Å². The summed E-state index contributed by atoms with van der Waals surface area (Å²) in [5.41, 5.74) is 1.51. The second kappa shape index (κ2) is 4.67. The van der Waals surface area contributed by atoms with Gasteiger partial charge in [0.25, 0.3) is 5.91 Å². The average molecular weight is 280 g/mol. The third-order valence-corrected chi connectivity index (χ3v) is 4.24. The molecule has 5 heteroatoms. The van der Waals surface area contributed by atoms with Crippen LogP contribution in [0.1, 0.15) is 36.2 Å². The van der Waals surface area contributed by atoms with Crippen molar-refractivity contribution in [2.45, 2.75) is 26.8 Å². The maximum absolute atomic E-state index is 11.8. The maximum atomic E-state index is 11.8. The standard InChI is InChI=1S/C14H18ClN3O/c1-8-3-9(2)7-18(6-8)12-4-10-11(13(15)17-12)5-16-14(10)19/h4,8-9H,3,5-7H2,1-2H3,(H,16,19). The minimum absolute atomic E-state index is 0.0429. The van der Waals surface area contributed by atoms with Crippen LogP contribution in [0.25, 0.3) is 0 Å². The van der Waals surface area contributed by atoms with Crippen LogP contribution in [0.15, 0.2) is 6.07 Å². The molecule has 0 aliphatic carbocycles. The number of rotatable bonds is 1. The Morgan fingerprint density at radius 3 is 2.74 bits per heavy atom. The molecule has 0 bridgehead atoms.